The summed E-state index contributed by atoms with van der Waals surface area (Å²) in [5, 5.41) is 11.9. The van der Waals surface area contributed by atoms with E-state index in [1.807, 2.05) is 6.07 Å². The van der Waals surface area contributed by atoms with Crippen LogP contribution in [0, 0.1) is 17.1 Å². The van der Waals surface area contributed by atoms with Gasteiger partial charge in [-0.15, -0.1) is 0 Å². The molecule has 0 bridgehead atoms. The lowest BCUT2D eigenvalue weighted by atomic mass is 10.2. The molecule has 96 valence electrons. The van der Waals surface area contributed by atoms with E-state index in [1.54, 1.807) is 24.4 Å². The lowest BCUT2D eigenvalue weighted by molar-refractivity contribution is 0.416. The van der Waals surface area contributed by atoms with Crippen molar-refractivity contribution in [3.05, 3.63) is 53.6 Å². The first-order valence-electron chi connectivity index (χ1n) is 5.64. The molecule has 0 aliphatic carbocycles. The predicted molar refractivity (Wildman–Crippen MR) is 69.2 cm³/mol. The molecule has 1 heterocycles. The third-order valence-corrected chi connectivity index (χ3v) is 2.58. The largest absolute Gasteiger partial charge is 0.495 e. The third kappa shape index (κ3) is 3.19. The van der Waals surface area contributed by atoms with Gasteiger partial charge >= 0.3 is 0 Å². The molecule has 1 N–H and O–H groups in total. The number of halogens is 1. The van der Waals surface area contributed by atoms with Crippen LogP contribution in [0.25, 0.3) is 0 Å². The Balaban J connectivity index is 2.13. The minimum Gasteiger partial charge on any atom is -0.495 e. The average Bonchev–Trinajstić information content (AvgIpc) is 2.45. The summed E-state index contributed by atoms with van der Waals surface area (Å²) in [5.41, 5.74) is 1.99. The Morgan fingerprint density at radius 3 is 2.89 bits per heavy atom. The normalized spacial score (nSPS) is 9.74. The Kier molecular flexibility index (Phi) is 3.94. The molecule has 5 heteroatoms. The summed E-state index contributed by atoms with van der Waals surface area (Å²) in [6, 6.07) is 8.54. The zero-order valence-corrected chi connectivity index (χ0v) is 10.4. The minimum absolute atomic E-state index is 0.369. The minimum atomic E-state index is -0.369. The summed E-state index contributed by atoms with van der Waals surface area (Å²) in [4.78, 5) is 3.78. The molecule has 2 rings (SSSR count). The molecule has 0 atom stereocenters. The summed E-state index contributed by atoms with van der Waals surface area (Å²) < 4.78 is 18.2. The molecule has 0 unspecified atom stereocenters. The van der Waals surface area contributed by atoms with Crippen molar-refractivity contribution in [1.29, 1.82) is 5.26 Å². The van der Waals surface area contributed by atoms with Gasteiger partial charge in [0.1, 0.15) is 11.6 Å². The van der Waals surface area contributed by atoms with Crippen molar-refractivity contribution < 1.29 is 9.13 Å². The zero-order valence-electron chi connectivity index (χ0n) is 10.4. The molecule has 1 aromatic heterocycles. The van der Waals surface area contributed by atoms with Crippen molar-refractivity contribution in [1.82, 2.24) is 4.98 Å². The summed E-state index contributed by atoms with van der Waals surface area (Å²) in [5.74, 6) is 0.203. The Morgan fingerprint density at radius 1 is 1.37 bits per heavy atom. The van der Waals surface area contributed by atoms with E-state index in [-0.39, 0.29) is 5.82 Å². The first-order valence-corrected chi connectivity index (χ1v) is 5.64. The van der Waals surface area contributed by atoms with Crippen LogP contribution in [-0.2, 0) is 6.54 Å². The maximum atomic E-state index is 13.0. The number of methoxy groups -OCH3 is 1. The number of aromatic nitrogens is 1. The Labute approximate surface area is 110 Å². The second-order valence-corrected chi connectivity index (χ2v) is 3.89. The van der Waals surface area contributed by atoms with E-state index in [1.165, 1.54) is 13.2 Å². The first kappa shape index (κ1) is 12.8. The van der Waals surface area contributed by atoms with Gasteiger partial charge in [-0.25, -0.2) is 4.39 Å². The van der Waals surface area contributed by atoms with Gasteiger partial charge in [0.05, 0.1) is 30.6 Å². The lowest BCUT2D eigenvalue weighted by Gasteiger charge is -2.11. The van der Waals surface area contributed by atoms with Gasteiger partial charge in [-0.1, -0.05) is 0 Å². The maximum Gasteiger partial charge on any atom is 0.143 e. The van der Waals surface area contributed by atoms with Gasteiger partial charge in [0, 0.05) is 18.8 Å². The summed E-state index contributed by atoms with van der Waals surface area (Å²) in [6.45, 7) is 0.424. The van der Waals surface area contributed by atoms with E-state index in [9.17, 15) is 4.39 Å². The van der Waals surface area contributed by atoms with Crippen LogP contribution >= 0.6 is 0 Å². The van der Waals surface area contributed by atoms with E-state index in [2.05, 4.69) is 10.3 Å². The maximum absolute atomic E-state index is 13.0. The molecular weight excluding hydrogens is 245 g/mol. The van der Waals surface area contributed by atoms with Gasteiger partial charge in [0.25, 0.3) is 0 Å². The second-order valence-electron chi connectivity index (χ2n) is 3.89. The third-order valence-electron chi connectivity index (χ3n) is 2.58. The van der Waals surface area contributed by atoms with Gasteiger partial charge < -0.3 is 10.1 Å². The molecule has 1 aromatic carbocycles. The summed E-state index contributed by atoms with van der Waals surface area (Å²) in [6.07, 6.45) is 2.75. The number of pyridine rings is 1. The van der Waals surface area contributed by atoms with Crippen LogP contribution in [0.1, 0.15) is 11.1 Å². The molecule has 19 heavy (non-hydrogen) atoms. The number of nitrogens with zero attached hydrogens (tertiary/aromatic N) is 2. The molecule has 0 aliphatic rings. The van der Waals surface area contributed by atoms with Crippen molar-refractivity contribution in [2.45, 2.75) is 6.54 Å². The van der Waals surface area contributed by atoms with E-state index in [0.717, 1.165) is 17.4 Å². The molecule has 0 aliphatic heterocycles. The number of anilines is 1. The standard InChI is InChI=1S/C14H12FN3O/c1-19-14-5-10(6-16)2-3-13(14)18-8-11-4-12(15)9-17-7-11/h2-5,7,9,18H,8H2,1H3. The van der Waals surface area contributed by atoms with Crippen molar-refractivity contribution in [2.24, 2.45) is 0 Å². The number of nitriles is 1. The second kappa shape index (κ2) is 5.83. The molecule has 2 aromatic rings. The van der Waals surface area contributed by atoms with Crippen molar-refractivity contribution in [2.75, 3.05) is 12.4 Å². The Bertz CT molecular complexity index is 622. The van der Waals surface area contributed by atoms with Crippen LogP contribution in [0.5, 0.6) is 5.75 Å². The van der Waals surface area contributed by atoms with Gasteiger partial charge in [-0.2, -0.15) is 5.26 Å². The lowest BCUT2D eigenvalue weighted by Crippen LogP contribution is -2.02. The van der Waals surface area contributed by atoms with Crippen LogP contribution in [0.15, 0.2) is 36.7 Å². The molecule has 4 nitrogen and oxygen atoms in total. The van der Waals surface area contributed by atoms with Gasteiger partial charge in [0.2, 0.25) is 0 Å². The fourth-order valence-corrected chi connectivity index (χ4v) is 1.66. The molecule has 0 saturated heterocycles. The van der Waals surface area contributed by atoms with E-state index < -0.39 is 0 Å². The number of nitrogens with one attached hydrogen (secondary N) is 1. The van der Waals surface area contributed by atoms with E-state index in [0.29, 0.717) is 17.9 Å². The first-order chi connectivity index (χ1) is 9.22. The highest BCUT2D eigenvalue weighted by molar-refractivity contribution is 5.59. The van der Waals surface area contributed by atoms with Gasteiger partial charge in [-0.05, 0) is 23.8 Å². The van der Waals surface area contributed by atoms with Crippen LogP contribution in [0.4, 0.5) is 10.1 Å². The number of ether oxygens (including phenoxy) is 1. The fourth-order valence-electron chi connectivity index (χ4n) is 1.66. The number of hydrogen-bond donors (Lipinski definition) is 1. The Morgan fingerprint density at radius 2 is 2.21 bits per heavy atom. The fraction of sp³-hybridized carbons (Fsp3) is 0.143. The smallest absolute Gasteiger partial charge is 0.143 e. The van der Waals surface area contributed by atoms with Crippen LogP contribution < -0.4 is 10.1 Å². The van der Waals surface area contributed by atoms with Crippen molar-refractivity contribution in [3.63, 3.8) is 0 Å². The molecule has 0 amide bonds. The van der Waals surface area contributed by atoms with Gasteiger partial charge in [0.15, 0.2) is 0 Å². The molecule has 0 fully saturated rings. The van der Waals surface area contributed by atoms with E-state index in [4.69, 9.17) is 10.00 Å². The monoisotopic (exact) mass is 257 g/mol. The summed E-state index contributed by atoms with van der Waals surface area (Å²) in [7, 11) is 1.53. The predicted octanol–water partition coefficient (Wildman–Crippen LogP) is 2.71. The highest BCUT2D eigenvalue weighted by Gasteiger charge is 2.04. The number of benzene rings is 1. The van der Waals surface area contributed by atoms with E-state index >= 15 is 0 Å². The van der Waals surface area contributed by atoms with Crippen molar-refractivity contribution >= 4 is 5.69 Å². The van der Waals surface area contributed by atoms with Crippen LogP contribution in [-0.4, -0.2) is 12.1 Å². The molecule has 0 saturated carbocycles. The Hall–Kier alpha value is -2.61. The summed E-state index contributed by atoms with van der Waals surface area (Å²) >= 11 is 0. The van der Waals surface area contributed by atoms with Crippen LogP contribution in [0.3, 0.4) is 0 Å². The number of rotatable bonds is 4. The SMILES string of the molecule is COc1cc(C#N)ccc1NCc1cncc(F)c1. The topological polar surface area (TPSA) is 57.9 Å². The number of hydrogen-bond acceptors (Lipinski definition) is 4. The molecular formula is C14H12FN3O. The zero-order chi connectivity index (χ0) is 13.7. The molecule has 0 spiro atoms. The molecule has 0 radical (unpaired) electrons. The highest BCUT2D eigenvalue weighted by Crippen LogP contribution is 2.25. The highest BCUT2D eigenvalue weighted by atomic mass is 19.1. The average molecular weight is 257 g/mol. The van der Waals surface area contributed by atoms with Crippen LogP contribution in [0.2, 0.25) is 0 Å². The van der Waals surface area contributed by atoms with Gasteiger partial charge in [-0.3, -0.25) is 4.98 Å². The van der Waals surface area contributed by atoms with Crippen molar-refractivity contribution in [3.8, 4) is 11.8 Å². The quantitative estimate of drug-likeness (QED) is 0.914.